The molecule has 0 N–H and O–H groups in total. The topological polar surface area (TPSA) is 35.6 Å². The van der Waals surface area contributed by atoms with Crippen LogP contribution in [0.3, 0.4) is 0 Å². The Morgan fingerprint density at radius 3 is 0.800 bits per heavy atom. The molecule has 2 heterocycles. The highest BCUT2D eigenvalue weighted by atomic mass is 15.1. The van der Waals surface area contributed by atoms with Gasteiger partial charge >= 0.3 is 0 Å². The van der Waals surface area contributed by atoms with Gasteiger partial charge in [0.15, 0.2) is 0 Å². The summed E-state index contributed by atoms with van der Waals surface area (Å²) in [6.07, 6.45) is 0. The molecule has 13 aromatic carbocycles. The van der Waals surface area contributed by atoms with Crippen LogP contribution < -0.4 is 0 Å². The van der Waals surface area contributed by atoms with Crippen molar-refractivity contribution < 1.29 is 0 Å². The summed E-state index contributed by atoms with van der Waals surface area (Å²) in [6.45, 7) is 0. The molecule has 0 amide bonds. The first-order chi connectivity index (χ1) is 39.7. The molecule has 4 heteroatoms. The fraction of sp³-hybridized carbons (Fsp3) is 0. The lowest BCUT2D eigenvalue weighted by Gasteiger charge is -2.22. The maximum Gasteiger partial charge on any atom is 0.145 e. The minimum absolute atomic E-state index is 0.889. The standard InChI is InChI=1S/C76H50N4/c1-7-23-51(24-8-1)57-43-58(52-25-9-2-10-26-52)46-61(45-57)73-65-41-39-64(80-72-38-22-20-36-70(72)78-76(80)56-33-17-6-18-34-56)50-68(65)74(62-47-59(53-27-11-3-12-28-53)44-60(48-62)54-29-13-4-14-30-54)66-42-40-63(49-67(66)73)79-71-37-21-19-35-69(71)77-75(79)55-31-15-5-16-32-55/h1-50H. The smallest absolute Gasteiger partial charge is 0.145 e. The maximum absolute atomic E-state index is 5.34. The first-order valence-electron chi connectivity index (χ1n) is 27.3. The van der Waals surface area contributed by atoms with Crippen molar-refractivity contribution in [3.8, 4) is 101 Å². The predicted molar refractivity (Wildman–Crippen MR) is 334 cm³/mol. The van der Waals surface area contributed by atoms with E-state index in [9.17, 15) is 0 Å². The molecule has 0 atom stereocenters. The molecule has 0 bridgehead atoms. The fourth-order valence-corrected chi connectivity index (χ4v) is 12.0. The van der Waals surface area contributed by atoms with Crippen LogP contribution in [0.5, 0.6) is 0 Å². The maximum atomic E-state index is 5.34. The van der Waals surface area contributed by atoms with Gasteiger partial charge in [0.25, 0.3) is 0 Å². The molecule has 15 rings (SSSR count). The molecule has 15 aromatic rings. The van der Waals surface area contributed by atoms with Gasteiger partial charge < -0.3 is 0 Å². The van der Waals surface area contributed by atoms with Crippen molar-refractivity contribution in [2.75, 3.05) is 0 Å². The first-order valence-corrected chi connectivity index (χ1v) is 27.3. The molecule has 0 unspecified atom stereocenters. The second-order valence-corrected chi connectivity index (χ2v) is 20.5. The highest BCUT2D eigenvalue weighted by molar-refractivity contribution is 6.23. The Hall–Kier alpha value is -10.7. The number of fused-ring (bicyclic) bond motifs is 4. The van der Waals surface area contributed by atoms with E-state index >= 15 is 0 Å². The Labute approximate surface area is 464 Å². The van der Waals surface area contributed by atoms with Gasteiger partial charge in [-0.3, -0.25) is 9.13 Å². The predicted octanol–water partition coefficient (Wildman–Crippen LogP) is 20.0. The quantitative estimate of drug-likeness (QED) is 0.128. The molecule has 0 aliphatic carbocycles. The molecule has 80 heavy (non-hydrogen) atoms. The van der Waals surface area contributed by atoms with E-state index in [2.05, 4.69) is 312 Å². The van der Waals surface area contributed by atoms with E-state index in [1.165, 1.54) is 0 Å². The summed E-state index contributed by atoms with van der Waals surface area (Å²) in [5, 5.41) is 4.52. The third-order valence-corrected chi connectivity index (χ3v) is 15.7. The molecule has 0 saturated carbocycles. The Bertz CT molecular complexity index is 4350. The Morgan fingerprint density at radius 1 is 0.200 bits per heavy atom. The summed E-state index contributed by atoms with van der Waals surface area (Å²) >= 11 is 0. The number of hydrogen-bond acceptors (Lipinski definition) is 2. The summed E-state index contributed by atoms with van der Waals surface area (Å²) < 4.78 is 4.69. The lowest BCUT2D eigenvalue weighted by molar-refractivity contribution is 1.10. The number of para-hydroxylation sites is 4. The molecule has 2 aromatic heterocycles. The Kier molecular flexibility index (Phi) is 11.5. The molecule has 374 valence electrons. The first kappa shape index (κ1) is 46.6. The van der Waals surface area contributed by atoms with Gasteiger partial charge in [-0.05, 0) is 173 Å². The molecule has 0 spiro atoms. The van der Waals surface area contributed by atoms with Gasteiger partial charge in [0.2, 0.25) is 0 Å². The second-order valence-electron chi connectivity index (χ2n) is 20.5. The van der Waals surface area contributed by atoms with Crippen molar-refractivity contribution in [2.24, 2.45) is 0 Å². The molecule has 4 nitrogen and oxygen atoms in total. The third kappa shape index (κ3) is 8.26. The van der Waals surface area contributed by atoms with Crippen LogP contribution in [0.25, 0.3) is 145 Å². The van der Waals surface area contributed by atoms with Crippen molar-refractivity contribution in [1.82, 2.24) is 19.1 Å². The molecule has 0 aliphatic rings. The third-order valence-electron chi connectivity index (χ3n) is 15.7. The Morgan fingerprint density at radius 2 is 0.475 bits per heavy atom. The summed E-state index contributed by atoms with van der Waals surface area (Å²) in [5.74, 6) is 1.78. The van der Waals surface area contributed by atoms with Gasteiger partial charge in [0.1, 0.15) is 11.6 Å². The number of nitrogens with zero attached hydrogens (tertiary/aromatic N) is 4. The SMILES string of the molecule is c1ccc(-c2cc(-c3ccccc3)cc(-c3c4ccc(-n5c(-c6ccccc6)nc6ccccc65)cc4c(-c4cc(-c5ccccc5)cc(-c5ccccc5)c4)c4ccc(-n5c(-c6ccccc6)nc6ccccc65)cc34)c2)cc1. The molecular formula is C76H50N4. The van der Waals surface area contributed by atoms with Gasteiger partial charge in [-0.25, -0.2) is 9.97 Å². The monoisotopic (exact) mass is 1020 g/mol. The molecule has 0 saturated heterocycles. The van der Waals surface area contributed by atoms with E-state index in [1.807, 2.05) is 0 Å². The summed E-state index contributed by atoms with van der Waals surface area (Å²) in [7, 11) is 0. The van der Waals surface area contributed by atoms with E-state index in [0.717, 1.165) is 145 Å². The van der Waals surface area contributed by atoms with Crippen LogP contribution in [0, 0.1) is 0 Å². The molecule has 0 fully saturated rings. The lowest BCUT2D eigenvalue weighted by atomic mass is 9.83. The lowest BCUT2D eigenvalue weighted by Crippen LogP contribution is -2.01. The van der Waals surface area contributed by atoms with E-state index in [-0.39, 0.29) is 0 Å². The zero-order valence-corrected chi connectivity index (χ0v) is 43.7. The van der Waals surface area contributed by atoms with E-state index in [4.69, 9.17) is 9.97 Å². The number of hydrogen-bond donors (Lipinski definition) is 0. The van der Waals surface area contributed by atoms with Crippen molar-refractivity contribution in [3.63, 3.8) is 0 Å². The molecule has 0 radical (unpaired) electrons. The van der Waals surface area contributed by atoms with Crippen molar-refractivity contribution >= 4 is 43.6 Å². The largest absolute Gasteiger partial charge is 0.292 e. The molecular weight excluding hydrogens is 969 g/mol. The van der Waals surface area contributed by atoms with Crippen molar-refractivity contribution in [1.29, 1.82) is 0 Å². The second kappa shape index (κ2) is 19.7. The normalized spacial score (nSPS) is 11.5. The van der Waals surface area contributed by atoms with Gasteiger partial charge in [0, 0.05) is 22.5 Å². The summed E-state index contributed by atoms with van der Waals surface area (Å²) in [5.41, 5.74) is 21.9. The highest BCUT2D eigenvalue weighted by Gasteiger charge is 2.24. The van der Waals surface area contributed by atoms with Crippen LogP contribution in [0.1, 0.15) is 0 Å². The Balaban J connectivity index is 1.12. The minimum Gasteiger partial charge on any atom is -0.292 e. The van der Waals surface area contributed by atoms with Gasteiger partial charge in [-0.15, -0.1) is 0 Å². The van der Waals surface area contributed by atoms with Crippen LogP contribution in [-0.4, -0.2) is 19.1 Å². The van der Waals surface area contributed by atoms with Gasteiger partial charge in [-0.2, -0.15) is 0 Å². The summed E-state index contributed by atoms with van der Waals surface area (Å²) in [4.78, 5) is 10.7. The van der Waals surface area contributed by atoms with Crippen LogP contribution in [0.2, 0.25) is 0 Å². The van der Waals surface area contributed by atoms with Crippen molar-refractivity contribution in [2.45, 2.75) is 0 Å². The zero-order valence-electron chi connectivity index (χ0n) is 43.7. The number of benzene rings is 13. The molecule has 0 aliphatic heterocycles. The van der Waals surface area contributed by atoms with Gasteiger partial charge in [0.05, 0.1) is 22.1 Å². The van der Waals surface area contributed by atoms with Crippen LogP contribution in [-0.2, 0) is 0 Å². The van der Waals surface area contributed by atoms with Crippen LogP contribution in [0.4, 0.5) is 0 Å². The summed E-state index contributed by atoms with van der Waals surface area (Å²) in [6, 6.07) is 110. The van der Waals surface area contributed by atoms with Crippen molar-refractivity contribution in [3.05, 3.63) is 303 Å². The average Bonchev–Trinajstić information content (AvgIpc) is 4.28. The van der Waals surface area contributed by atoms with Crippen LogP contribution >= 0.6 is 0 Å². The minimum atomic E-state index is 0.889. The van der Waals surface area contributed by atoms with Gasteiger partial charge in [-0.1, -0.05) is 218 Å². The highest BCUT2D eigenvalue weighted by Crippen LogP contribution is 2.49. The number of imidazole rings is 2. The number of rotatable bonds is 10. The number of aromatic nitrogens is 4. The zero-order chi connectivity index (χ0) is 52.9. The van der Waals surface area contributed by atoms with Crippen LogP contribution in [0.15, 0.2) is 303 Å². The van der Waals surface area contributed by atoms with E-state index in [0.29, 0.717) is 0 Å². The average molecular weight is 1020 g/mol. The fourth-order valence-electron chi connectivity index (χ4n) is 12.0. The van der Waals surface area contributed by atoms with E-state index < -0.39 is 0 Å². The van der Waals surface area contributed by atoms with E-state index in [1.54, 1.807) is 0 Å².